The average molecular weight is 211 g/mol. The normalized spacial score (nSPS) is 21.9. The number of aromatic amines is 1. The second kappa shape index (κ2) is 4.04. The first-order chi connectivity index (χ1) is 6.79. The van der Waals surface area contributed by atoms with E-state index in [-0.39, 0.29) is 5.91 Å². The average Bonchev–Trinajstić information content (AvgIpc) is 2.78. The van der Waals surface area contributed by atoms with Gasteiger partial charge in [-0.1, -0.05) is 0 Å². The van der Waals surface area contributed by atoms with E-state index in [4.69, 9.17) is 0 Å². The van der Waals surface area contributed by atoms with Crippen LogP contribution in [0.15, 0.2) is 12.5 Å². The first kappa shape index (κ1) is 9.58. The Morgan fingerprint density at radius 1 is 1.71 bits per heavy atom. The molecule has 1 aliphatic heterocycles. The van der Waals surface area contributed by atoms with Crippen molar-refractivity contribution < 1.29 is 4.79 Å². The van der Waals surface area contributed by atoms with Gasteiger partial charge in [0, 0.05) is 19.2 Å². The summed E-state index contributed by atoms with van der Waals surface area (Å²) < 4.78 is 0. The van der Waals surface area contributed by atoms with Gasteiger partial charge in [-0.3, -0.25) is 4.79 Å². The van der Waals surface area contributed by atoms with Gasteiger partial charge < -0.3 is 9.88 Å². The van der Waals surface area contributed by atoms with Crippen molar-refractivity contribution in [1.82, 2.24) is 14.9 Å². The lowest BCUT2D eigenvalue weighted by atomic mass is 10.1. The van der Waals surface area contributed by atoms with E-state index in [1.807, 2.05) is 4.90 Å². The maximum atomic E-state index is 11.5. The fourth-order valence-electron chi connectivity index (χ4n) is 1.71. The number of amides is 1. The molecule has 0 aliphatic carbocycles. The van der Waals surface area contributed by atoms with Crippen LogP contribution in [0, 0.1) is 5.92 Å². The molecule has 14 heavy (non-hydrogen) atoms. The first-order valence-electron chi connectivity index (χ1n) is 4.65. The van der Waals surface area contributed by atoms with Crippen LogP contribution in [0.3, 0.4) is 0 Å². The van der Waals surface area contributed by atoms with Crippen LogP contribution in [0.1, 0.15) is 12.1 Å². The van der Waals surface area contributed by atoms with Crippen LogP contribution in [0.2, 0.25) is 0 Å². The molecular formula is C9H13N3OS. The fourth-order valence-corrected chi connectivity index (χ4v) is 1.95. The molecule has 1 aromatic rings. The summed E-state index contributed by atoms with van der Waals surface area (Å²) in [5.41, 5.74) is 0.984. The Morgan fingerprint density at radius 3 is 3.14 bits per heavy atom. The maximum Gasteiger partial charge on any atom is 0.223 e. The highest BCUT2D eigenvalue weighted by molar-refractivity contribution is 7.80. The summed E-state index contributed by atoms with van der Waals surface area (Å²) in [5.74, 6) is 1.41. The van der Waals surface area contributed by atoms with E-state index < -0.39 is 0 Å². The predicted molar refractivity (Wildman–Crippen MR) is 56.0 cm³/mol. The molecule has 76 valence electrons. The number of nitrogens with zero attached hydrogens (tertiary/aromatic N) is 2. The summed E-state index contributed by atoms with van der Waals surface area (Å²) in [6.45, 7) is 1.46. The maximum absolute atomic E-state index is 11.5. The third-order valence-corrected chi connectivity index (χ3v) is 2.99. The van der Waals surface area contributed by atoms with Crippen molar-refractivity contribution in [3.05, 3.63) is 18.2 Å². The summed E-state index contributed by atoms with van der Waals surface area (Å²) >= 11 is 4.21. The van der Waals surface area contributed by atoms with Crippen molar-refractivity contribution in [3.8, 4) is 0 Å². The molecule has 0 saturated carbocycles. The number of rotatable bonds is 3. The highest BCUT2D eigenvalue weighted by Gasteiger charge is 2.28. The van der Waals surface area contributed by atoms with Crippen LogP contribution in [0.5, 0.6) is 0 Å². The minimum Gasteiger partial charge on any atom is -0.347 e. The number of likely N-dealkylation sites (tertiary alicyclic amines) is 1. The largest absolute Gasteiger partial charge is 0.347 e. The Balaban J connectivity index is 1.96. The van der Waals surface area contributed by atoms with Gasteiger partial charge in [-0.25, -0.2) is 4.98 Å². The van der Waals surface area contributed by atoms with Gasteiger partial charge in [0.05, 0.1) is 18.6 Å². The van der Waals surface area contributed by atoms with E-state index in [9.17, 15) is 4.79 Å². The summed E-state index contributed by atoms with van der Waals surface area (Å²) in [5, 5.41) is 0. The molecule has 1 unspecified atom stereocenters. The second-order valence-electron chi connectivity index (χ2n) is 3.60. The van der Waals surface area contributed by atoms with Crippen LogP contribution in [-0.4, -0.2) is 33.1 Å². The van der Waals surface area contributed by atoms with Gasteiger partial charge in [-0.15, -0.1) is 0 Å². The van der Waals surface area contributed by atoms with Crippen molar-refractivity contribution in [2.45, 2.75) is 13.0 Å². The second-order valence-corrected chi connectivity index (χ2v) is 3.97. The minimum atomic E-state index is 0.221. The molecule has 4 nitrogen and oxygen atoms in total. The number of aromatic nitrogens is 2. The molecule has 1 amide bonds. The van der Waals surface area contributed by atoms with Crippen LogP contribution in [-0.2, 0) is 11.3 Å². The number of thiol groups is 1. The zero-order chi connectivity index (χ0) is 9.97. The number of hydrogen-bond donors (Lipinski definition) is 2. The SMILES string of the molecule is O=C1CC(CS)CN1Cc1cnc[nH]1. The molecule has 2 rings (SSSR count). The Kier molecular flexibility index (Phi) is 2.77. The lowest BCUT2D eigenvalue weighted by Crippen LogP contribution is -2.24. The fraction of sp³-hybridized carbons (Fsp3) is 0.556. The van der Waals surface area contributed by atoms with Gasteiger partial charge in [-0.05, 0) is 11.7 Å². The van der Waals surface area contributed by atoms with Crippen molar-refractivity contribution in [2.75, 3.05) is 12.3 Å². The van der Waals surface area contributed by atoms with E-state index in [1.54, 1.807) is 12.5 Å². The van der Waals surface area contributed by atoms with Gasteiger partial charge in [-0.2, -0.15) is 12.6 Å². The van der Waals surface area contributed by atoms with E-state index in [0.29, 0.717) is 18.9 Å². The molecule has 1 aromatic heterocycles. The molecular weight excluding hydrogens is 198 g/mol. The zero-order valence-electron chi connectivity index (χ0n) is 7.81. The highest BCUT2D eigenvalue weighted by atomic mass is 32.1. The Labute approximate surface area is 88.1 Å². The molecule has 1 atom stereocenters. The Hall–Kier alpha value is -0.970. The Morgan fingerprint density at radius 2 is 2.57 bits per heavy atom. The van der Waals surface area contributed by atoms with Gasteiger partial charge in [0.25, 0.3) is 0 Å². The van der Waals surface area contributed by atoms with Gasteiger partial charge in [0.1, 0.15) is 0 Å². The predicted octanol–water partition coefficient (Wildman–Crippen LogP) is 0.688. The summed E-state index contributed by atoms with van der Waals surface area (Å²) in [6.07, 6.45) is 4.02. The minimum absolute atomic E-state index is 0.221. The molecule has 1 aliphatic rings. The molecule has 1 fully saturated rings. The molecule has 0 bridgehead atoms. The lowest BCUT2D eigenvalue weighted by molar-refractivity contribution is -0.128. The number of nitrogens with one attached hydrogen (secondary N) is 1. The topological polar surface area (TPSA) is 49.0 Å². The Bertz CT molecular complexity index is 312. The van der Waals surface area contributed by atoms with E-state index in [0.717, 1.165) is 18.0 Å². The van der Waals surface area contributed by atoms with E-state index in [1.165, 1.54) is 0 Å². The molecule has 1 N–H and O–H groups in total. The molecule has 1 saturated heterocycles. The van der Waals surface area contributed by atoms with Gasteiger partial charge in [0.15, 0.2) is 0 Å². The first-order valence-corrected chi connectivity index (χ1v) is 5.28. The quantitative estimate of drug-likeness (QED) is 0.723. The standard InChI is InChI=1S/C9H13N3OS/c13-9-1-7(5-14)3-12(9)4-8-2-10-6-11-8/h2,6-7,14H,1,3-5H2,(H,10,11). The van der Waals surface area contributed by atoms with Crippen LogP contribution >= 0.6 is 12.6 Å². The van der Waals surface area contributed by atoms with E-state index >= 15 is 0 Å². The van der Waals surface area contributed by atoms with Crippen LogP contribution < -0.4 is 0 Å². The molecule has 5 heteroatoms. The van der Waals surface area contributed by atoms with Crippen LogP contribution in [0.4, 0.5) is 0 Å². The highest BCUT2D eigenvalue weighted by Crippen LogP contribution is 2.20. The molecule has 0 spiro atoms. The smallest absolute Gasteiger partial charge is 0.223 e. The number of imidazole rings is 1. The van der Waals surface area contributed by atoms with Gasteiger partial charge in [0.2, 0.25) is 5.91 Å². The third-order valence-electron chi connectivity index (χ3n) is 2.47. The number of carbonyl (C=O) groups excluding carboxylic acids is 1. The van der Waals surface area contributed by atoms with Crippen LogP contribution in [0.25, 0.3) is 0 Å². The monoisotopic (exact) mass is 211 g/mol. The lowest BCUT2D eigenvalue weighted by Gasteiger charge is -2.14. The molecule has 0 aromatic carbocycles. The van der Waals surface area contributed by atoms with E-state index in [2.05, 4.69) is 22.6 Å². The number of carbonyl (C=O) groups is 1. The summed E-state index contributed by atoms with van der Waals surface area (Å²) in [4.78, 5) is 20.3. The van der Waals surface area contributed by atoms with Gasteiger partial charge >= 0.3 is 0 Å². The number of H-pyrrole nitrogens is 1. The van der Waals surface area contributed by atoms with Crippen molar-refractivity contribution in [3.63, 3.8) is 0 Å². The summed E-state index contributed by atoms with van der Waals surface area (Å²) in [7, 11) is 0. The van der Waals surface area contributed by atoms with Crippen molar-refractivity contribution >= 4 is 18.5 Å². The van der Waals surface area contributed by atoms with Crippen molar-refractivity contribution in [2.24, 2.45) is 5.92 Å². The third kappa shape index (κ3) is 1.92. The zero-order valence-corrected chi connectivity index (χ0v) is 8.70. The molecule has 0 radical (unpaired) electrons. The summed E-state index contributed by atoms with van der Waals surface area (Å²) in [6, 6.07) is 0. The molecule has 2 heterocycles. The number of hydrogen-bond acceptors (Lipinski definition) is 3. The van der Waals surface area contributed by atoms with Crippen molar-refractivity contribution in [1.29, 1.82) is 0 Å².